The summed E-state index contributed by atoms with van der Waals surface area (Å²) >= 11 is 11.9. The Morgan fingerprint density at radius 2 is 2.05 bits per heavy atom. The molecule has 1 N–H and O–H groups in total. The molecule has 1 aliphatic carbocycles. The molecule has 1 saturated carbocycles. The van der Waals surface area contributed by atoms with Crippen LogP contribution in [0.2, 0.25) is 10.0 Å². The van der Waals surface area contributed by atoms with Crippen LogP contribution in [0.15, 0.2) is 12.1 Å². The maximum absolute atomic E-state index is 13.6. The average molecular weight is 332 g/mol. The maximum Gasteiger partial charge on any atom is 0.142 e. The number of benzene rings is 1. The van der Waals surface area contributed by atoms with Crippen molar-refractivity contribution in [1.82, 2.24) is 5.32 Å². The molecule has 0 heterocycles. The van der Waals surface area contributed by atoms with Crippen LogP contribution in [-0.4, -0.2) is 6.54 Å². The minimum atomic E-state index is -0.411. The van der Waals surface area contributed by atoms with Crippen molar-refractivity contribution in [2.24, 2.45) is 11.8 Å². The van der Waals surface area contributed by atoms with Gasteiger partial charge in [-0.25, -0.2) is 4.39 Å². The molecule has 1 nitrogen and oxygen atoms in total. The molecule has 0 saturated heterocycles. The highest BCUT2D eigenvalue weighted by Crippen LogP contribution is 2.31. The monoisotopic (exact) mass is 331 g/mol. The summed E-state index contributed by atoms with van der Waals surface area (Å²) in [5.41, 5.74) is 0.774. The van der Waals surface area contributed by atoms with Gasteiger partial charge in [-0.05, 0) is 55.8 Å². The first-order valence-corrected chi connectivity index (χ1v) is 8.60. The first-order chi connectivity index (χ1) is 9.97. The zero-order valence-corrected chi connectivity index (χ0v) is 14.3. The fourth-order valence-electron chi connectivity index (χ4n) is 3.31. The molecule has 3 atom stereocenters. The van der Waals surface area contributed by atoms with E-state index < -0.39 is 5.82 Å². The number of hydrogen-bond donors (Lipinski definition) is 1. The van der Waals surface area contributed by atoms with Gasteiger partial charge in [0.1, 0.15) is 5.82 Å². The van der Waals surface area contributed by atoms with Crippen LogP contribution in [0.4, 0.5) is 4.39 Å². The van der Waals surface area contributed by atoms with E-state index in [0.717, 1.165) is 23.9 Å². The lowest BCUT2D eigenvalue weighted by molar-refractivity contribution is 0.265. The largest absolute Gasteiger partial charge is 0.310 e. The van der Waals surface area contributed by atoms with Gasteiger partial charge < -0.3 is 5.32 Å². The first kappa shape index (κ1) is 17.1. The average Bonchev–Trinajstić information content (AvgIpc) is 2.43. The number of nitrogens with one attached hydrogen (secondary N) is 1. The van der Waals surface area contributed by atoms with Crippen LogP contribution >= 0.6 is 23.2 Å². The zero-order valence-electron chi connectivity index (χ0n) is 12.8. The summed E-state index contributed by atoms with van der Waals surface area (Å²) in [6.07, 6.45) is 6.60. The summed E-state index contributed by atoms with van der Waals surface area (Å²) in [6.45, 7) is 5.30. The lowest BCUT2D eigenvalue weighted by Crippen LogP contribution is -2.24. The summed E-state index contributed by atoms with van der Waals surface area (Å²) < 4.78 is 13.6. The molecule has 1 fully saturated rings. The molecule has 4 heteroatoms. The van der Waals surface area contributed by atoms with E-state index in [1.54, 1.807) is 0 Å². The predicted octanol–water partition coefficient (Wildman–Crippen LogP) is 6.00. The third-order valence-electron chi connectivity index (χ3n) is 4.55. The number of rotatable bonds is 5. The fourth-order valence-corrected chi connectivity index (χ4v) is 3.85. The van der Waals surface area contributed by atoms with Crippen LogP contribution in [0.1, 0.15) is 57.6 Å². The van der Waals surface area contributed by atoms with E-state index in [1.807, 2.05) is 6.92 Å². The van der Waals surface area contributed by atoms with E-state index in [9.17, 15) is 4.39 Å². The molecule has 0 bridgehead atoms. The molecule has 0 amide bonds. The highest BCUT2D eigenvalue weighted by atomic mass is 35.5. The molecule has 118 valence electrons. The van der Waals surface area contributed by atoms with Gasteiger partial charge in [-0.1, -0.05) is 49.4 Å². The van der Waals surface area contributed by atoms with Crippen molar-refractivity contribution in [3.63, 3.8) is 0 Å². The molecular weight excluding hydrogens is 308 g/mol. The zero-order chi connectivity index (χ0) is 15.4. The van der Waals surface area contributed by atoms with Crippen LogP contribution in [0.25, 0.3) is 0 Å². The second-order valence-corrected chi connectivity index (χ2v) is 7.20. The highest BCUT2D eigenvalue weighted by Gasteiger charge is 2.19. The van der Waals surface area contributed by atoms with Crippen molar-refractivity contribution >= 4 is 23.2 Å². The van der Waals surface area contributed by atoms with Gasteiger partial charge in [0.25, 0.3) is 0 Å². The van der Waals surface area contributed by atoms with Gasteiger partial charge in [0, 0.05) is 11.1 Å². The third-order valence-corrected chi connectivity index (χ3v) is 5.17. The Balaban J connectivity index is 1.84. The van der Waals surface area contributed by atoms with Gasteiger partial charge in [-0.3, -0.25) is 0 Å². The molecule has 0 radical (unpaired) electrons. The van der Waals surface area contributed by atoms with E-state index in [0.29, 0.717) is 5.02 Å². The van der Waals surface area contributed by atoms with Crippen molar-refractivity contribution in [1.29, 1.82) is 0 Å². The Labute approximate surface area is 137 Å². The SMILES string of the molecule is CC1CCCC(CCNC(C)c2cc(F)c(Cl)cc2Cl)C1. The van der Waals surface area contributed by atoms with Crippen molar-refractivity contribution in [2.45, 2.75) is 52.0 Å². The summed E-state index contributed by atoms with van der Waals surface area (Å²) in [7, 11) is 0. The second kappa shape index (κ2) is 7.80. The summed E-state index contributed by atoms with van der Waals surface area (Å²) in [6, 6.07) is 2.95. The predicted molar refractivity (Wildman–Crippen MR) is 88.6 cm³/mol. The van der Waals surface area contributed by atoms with Crippen LogP contribution in [0, 0.1) is 17.7 Å². The molecule has 2 rings (SSSR count). The first-order valence-electron chi connectivity index (χ1n) is 7.85. The smallest absolute Gasteiger partial charge is 0.142 e. The van der Waals surface area contributed by atoms with Crippen LogP contribution in [0.5, 0.6) is 0 Å². The van der Waals surface area contributed by atoms with Crippen molar-refractivity contribution in [2.75, 3.05) is 6.54 Å². The Bertz CT molecular complexity index is 478. The molecular formula is C17H24Cl2FN. The lowest BCUT2D eigenvalue weighted by Gasteiger charge is -2.27. The topological polar surface area (TPSA) is 12.0 Å². The fraction of sp³-hybridized carbons (Fsp3) is 0.647. The number of halogens is 3. The Kier molecular flexibility index (Phi) is 6.34. The van der Waals surface area contributed by atoms with Crippen LogP contribution < -0.4 is 5.32 Å². The van der Waals surface area contributed by atoms with Gasteiger partial charge in [-0.2, -0.15) is 0 Å². The standard InChI is InChI=1S/C17H24Cl2FN/c1-11-4-3-5-13(8-11)6-7-21-12(2)14-9-17(20)16(19)10-15(14)18/h9-13,21H,3-8H2,1-2H3. The lowest BCUT2D eigenvalue weighted by atomic mass is 9.81. The van der Waals surface area contributed by atoms with Gasteiger partial charge in [0.2, 0.25) is 0 Å². The van der Waals surface area contributed by atoms with Crippen molar-refractivity contribution in [3.8, 4) is 0 Å². The molecule has 1 aliphatic rings. The Hall–Kier alpha value is -0.310. The van der Waals surface area contributed by atoms with E-state index in [2.05, 4.69) is 12.2 Å². The van der Waals surface area contributed by atoms with Crippen molar-refractivity contribution in [3.05, 3.63) is 33.6 Å². The van der Waals surface area contributed by atoms with Gasteiger partial charge in [-0.15, -0.1) is 0 Å². The number of hydrogen-bond acceptors (Lipinski definition) is 1. The molecule has 3 unspecified atom stereocenters. The minimum absolute atomic E-state index is 0.0327. The van der Waals surface area contributed by atoms with Gasteiger partial charge >= 0.3 is 0 Å². The van der Waals surface area contributed by atoms with E-state index in [-0.39, 0.29) is 11.1 Å². The maximum atomic E-state index is 13.6. The highest BCUT2D eigenvalue weighted by molar-refractivity contribution is 6.35. The van der Waals surface area contributed by atoms with E-state index in [4.69, 9.17) is 23.2 Å². The van der Waals surface area contributed by atoms with E-state index in [1.165, 1.54) is 44.2 Å². The van der Waals surface area contributed by atoms with Crippen molar-refractivity contribution < 1.29 is 4.39 Å². The summed E-state index contributed by atoms with van der Waals surface area (Å²) in [5, 5.41) is 4.05. The van der Waals surface area contributed by atoms with Crippen LogP contribution in [0.3, 0.4) is 0 Å². The summed E-state index contributed by atoms with van der Waals surface area (Å²) in [5.74, 6) is 1.28. The van der Waals surface area contributed by atoms with Crippen LogP contribution in [-0.2, 0) is 0 Å². The quantitative estimate of drug-likeness (QED) is 0.652. The second-order valence-electron chi connectivity index (χ2n) is 6.39. The Morgan fingerprint density at radius 1 is 1.29 bits per heavy atom. The Morgan fingerprint density at radius 3 is 2.76 bits per heavy atom. The molecule has 0 aromatic heterocycles. The molecule has 0 spiro atoms. The van der Waals surface area contributed by atoms with E-state index >= 15 is 0 Å². The molecule has 21 heavy (non-hydrogen) atoms. The minimum Gasteiger partial charge on any atom is -0.310 e. The van der Waals surface area contributed by atoms with Gasteiger partial charge in [0.05, 0.1) is 5.02 Å². The van der Waals surface area contributed by atoms with Gasteiger partial charge in [0.15, 0.2) is 0 Å². The third kappa shape index (κ3) is 4.84. The molecule has 1 aromatic rings. The normalized spacial score (nSPS) is 24.0. The summed E-state index contributed by atoms with van der Waals surface area (Å²) in [4.78, 5) is 0. The molecule has 1 aromatic carbocycles. The molecule has 0 aliphatic heterocycles.